The second-order valence-corrected chi connectivity index (χ2v) is 9.46. The van der Waals surface area contributed by atoms with Crippen LogP contribution in [0.25, 0.3) is 0 Å². The Morgan fingerprint density at radius 3 is 2.71 bits per heavy atom. The Morgan fingerprint density at radius 2 is 1.88 bits per heavy atom. The highest BCUT2D eigenvalue weighted by atomic mass is 16.2. The van der Waals surface area contributed by atoms with Gasteiger partial charge in [-0.3, -0.25) is 9.69 Å². The lowest BCUT2D eigenvalue weighted by Crippen LogP contribution is -2.40. The van der Waals surface area contributed by atoms with E-state index >= 15 is 0 Å². The van der Waals surface area contributed by atoms with Crippen LogP contribution in [0.5, 0.6) is 0 Å². The topological polar surface area (TPSA) is 70.2 Å². The summed E-state index contributed by atoms with van der Waals surface area (Å²) in [5.41, 5.74) is 4.61. The fourth-order valence-corrected chi connectivity index (χ4v) is 5.05. The normalized spacial score (nSPS) is 16.6. The van der Waals surface area contributed by atoms with Crippen LogP contribution in [0.15, 0.2) is 60.8 Å². The van der Waals surface area contributed by atoms with Crippen molar-refractivity contribution in [1.29, 1.82) is 0 Å². The molecule has 1 saturated heterocycles. The maximum Gasteiger partial charge on any atom is 0.259 e. The minimum absolute atomic E-state index is 0.0222. The molecule has 34 heavy (non-hydrogen) atoms. The zero-order valence-corrected chi connectivity index (χ0v) is 19.8. The minimum atomic E-state index is 0.0222. The van der Waals surface area contributed by atoms with E-state index in [0.29, 0.717) is 24.2 Å². The highest BCUT2D eigenvalue weighted by Crippen LogP contribution is 2.26. The first-order valence-corrected chi connectivity index (χ1v) is 12.5. The molecule has 1 aliphatic carbocycles. The average molecular weight is 456 g/mol. The highest BCUT2D eigenvalue weighted by molar-refractivity contribution is 6.05. The Kier molecular flexibility index (Phi) is 6.86. The summed E-state index contributed by atoms with van der Waals surface area (Å²) in [5, 5.41) is 6.82. The lowest BCUT2D eigenvalue weighted by molar-refractivity contribution is 0.0980. The van der Waals surface area contributed by atoms with Crippen molar-refractivity contribution in [3.63, 3.8) is 0 Å². The Hall–Kier alpha value is -3.25. The van der Waals surface area contributed by atoms with Gasteiger partial charge in [-0.1, -0.05) is 36.4 Å². The van der Waals surface area contributed by atoms with Gasteiger partial charge in [0.05, 0.1) is 6.04 Å². The molecule has 1 aromatic heterocycles. The van der Waals surface area contributed by atoms with E-state index in [9.17, 15) is 4.79 Å². The highest BCUT2D eigenvalue weighted by Gasteiger charge is 2.26. The third-order valence-corrected chi connectivity index (χ3v) is 7.05. The second-order valence-electron chi connectivity index (χ2n) is 9.46. The first-order valence-electron chi connectivity index (χ1n) is 12.5. The number of amides is 1. The Bertz CT molecular complexity index is 1130. The molecule has 2 heterocycles. The van der Waals surface area contributed by atoms with E-state index in [0.717, 1.165) is 49.9 Å². The number of aryl methyl sites for hydroxylation is 2. The van der Waals surface area contributed by atoms with Gasteiger partial charge in [0, 0.05) is 18.3 Å². The molecule has 3 aromatic rings. The number of anilines is 2. The zero-order chi connectivity index (χ0) is 23.3. The lowest BCUT2D eigenvalue weighted by Gasteiger charge is -2.30. The fourth-order valence-electron chi connectivity index (χ4n) is 5.05. The number of piperidine rings is 1. The van der Waals surface area contributed by atoms with E-state index in [2.05, 4.69) is 46.8 Å². The van der Waals surface area contributed by atoms with E-state index in [-0.39, 0.29) is 11.9 Å². The summed E-state index contributed by atoms with van der Waals surface area (Å²) in [4.78, 5) is 24.9. The van der Waals surface area contributed by atoms with E-state index in [4.69, 9.17) is 4.98 Å². The first-order chi connectivity index (χ1) is 16.7. The minimum Gasteiger partial charge on any atom is -0.348 e. The van der Waals surface area contributed by atoms with Gasteiger partial charge in [0.25, 0.3) is 5.91 Å². The molecule has 6 nitrogen and oxygen atoms in total. The summed E-state index contributed by atoms with van der Waals surface area (Å²) in [7, 11) is 0. The van der Waals surface area contributed by atoms with Crippen molar-refractivity contribution < 1.29 is 4.79 Å². The third-order valence-electron chi connectivity index (χ3n) is 7.05. The van der Waals surface area contributed by atoms with Gasteiger partial charge in [0.15, 0.2) is 0 Å². The molecule has 2 aliphatic rings. The van der Waals surface area contributed by atoms with Gasteiger partial charge in [0.2, 0.25) is 5.95 Å². The molecule has 0 unspecified atom stereocenters. The first kappa shape index (κ1) is 22.5. The molecule has 1 amide bonds. The monoisotopic (exact) mass is 455 g/mol. The Morgan fingerprint density at radius 1 is 1.09 bits per heavy atom. The van der Waals surface area contributed by atoms with Crippen LogP contribution in [-0.2, 0) is 12.8 Å². The number of fused-ring (bicyclic) bond motifs is 1. The number of hydrogen-bond donors (Lipinski definition) is 2. The van der Waals surface area contributed by atoms with Crippen LogP contribution in [0.4, 0.5) is 11.8 Å². The van der Waals surface area contributed by atoms with Crippen molar-refractivity contribution in [2.45, 2.75) is 45.1 Å². The predicted molar refractivity (Wildman–Crippen MR) is 136 cm³/mol. The van der Waals surface area contributed by atoms with E-state index < -0.39 is 0 Å². The maximum absolute atomic E-state index is 13.8. The molecule has 0 radical (unpaired) electrons. The van der Waals surface area contributed by atoms with Gasteiger partial charge in [-0.25, -0.2) is 4.98 Å². The largest absolute Gasteiger partial charge is 0.348 e. The van der Waals surface area contributed by atoms with Crippen molar-refractivity contribution in [3.05, 3.63) is 83.0 Å². The molecule has 2 N–H and O–H groups in total. The quantitative estimate of drug-likeness (QED) is 0.536. The number of nitrogens with one attached hydrogen (secondary N) is 2. The summed E-state index contributed by atoms with van der Waals surface area (Å²) < 4.78 is 0. The van der Waals surface area contributed by atoms with Gasteiger partial charge < -0.3 is 10.6 Å². The molecule has 1 fully saturated rings. The molecule has 176 valence electrons. The van der Waals surface area contributed by atoms with Crippen molar-refractivity contribution in [1.82, 2.24) is 15.3 Å². The predicted octanol–water partition coefficient (Wildman–Crippen LogP) is 4.78. The average Bonchev–Trinajstić information content (AvgIpc) is 3.36. The third kappa shape index (κ3) is 5.12. The van der Waals surface area contributed by atoms with Crippen molar-refractivity contribution in [3.8, 4) is 0 Å². The molecular formula is C28H33N5O. The number of nitrogens with zero attached hydrogens (tertiary/aromatic N) is 3. The molecule has 6 heteroatoms. The van der Waals surface area contributed by atoms with Gasteiger partial charge in [-0.05, 0) is 92.9 Å². The Balaban J connectivity index is 1.41. The zero-order valence-electron chi connectivity index (χ0n) is 19.8. The van der Waals surface area contributed by atoms with Gasteiger partial charge in [0.1, 0.15) is 5.82 Å². The van der Waals surface area contributed by atoms with Gasteiger partial charge in [-0.15, -0.1) is 0 Å². The molecule has 0 saturated carbocycles. The van der Waals surface area contributed by atoms with E-state index in [1.165, 1.54) is 17.5 Å². The maximum atomic E-state index is 13.8. The summed E-state index contributed by atoms with van der Waals surface area (Å²) in [6.45, 7) is 4.75. The summed E-state index contributed by atoms with van der Waals surface area (Å²) in [6.07, 6.45) is 7.22. The number of carbonyl (C=O) groups excluding carboxylic acids is 1. The van der Waals surface area contributed by atoms with Crippen LogP contribution in [0.2, 0.25) is 0 Å². The molecule has 5 rings (SSSR count). The number of benzene rings is 2. The number of hydrogen-bond acceptors (Lipinski definition) is 5. The molecule has 0 spiro atoms. The van der Waals surface area contributed by atoms with Gasteiger partial charge >= 0.3 is 0 Å². The van der Waals surface area contributed by atoms with E-state index in [1.807, 2.05) is 35.2 Å². The smallest absolute Gasteiger partial charge is 0.259 e. The van der Waals surface area contributed by atoms with E-state index in [1.54, 1.807) is 6.20 Å². The van der Waals surface area contributed by atoms with Gasteiger partial charge in [-0.2, -0.15) is 4.98 Å². The SMILES string of the molecule is C[C@H](Nc1nccc(N(CC2CCNCC2)C(=O)c2ccc3c(c2)CCC3)n1)c1ccccc1. The number of rotatable bonds is 7. The van der Waals surface area contributed by atoms with Crippen LogP contribution in [0.1, 0.15) is 59.3 Å². The number of aromatic nitrogens is 2. The fraction of sp³-hybridized carbons (Fsp3) is 0.393. The van der Waals surface area contributed by atoms with Crippen molar-refractivity contribution >= 4 is 17.7 Å². The number of carbonyl (C=O) groups is 1. The van der Waals surface area contributed by atoms with Crippen molar-refractivity contribution in [2.75, 3.05) is 29.9 Å². The van der Waals surface area contributed by atoms with Crippen LogP contribution in [0, 0.1) is 5.92 Å². The summed E-state index contributed by atoms with van der Waals surface area (Å²) in [5.74, 6) is 1.66. The summed E-state index contributed by atoms with van der Waals surface area (Å²) in [6, 6.07) is 18.4. The molecule has 0 bridgehead atoms. The molecule has 2 aromatic carbocycles. The van der Waals surface area contributed by atoms with Crippen LogP contribution < -0.4 is 15.5 Å². The Labute approximate surface area is 201 Å². The lowest BCUT2D eigenvalue weighted by atomic mass is 9.97. The summed E-state index contributed by atoms with van der Waals surface area (Å²) >= 11 is 0. The van der Waals surface area contributed by atoms with Crippen LogP contribution >= 0.6 is 0 Å². The standard InChI is InChI=1S/C28H33N5O/c1-20(22-6-3-2-4-7-22)31-28-30-17-14-26(32-28)33(19-21-12-15-29-16-13-21)27(34)25-11-10-23-8-5-9-24(23)18-25/h2-4,6-7,10-11,14,17-18,20-21,29H,5,8-9,12-13,15-16,19H2,1H3,(H,30,31,32)/t20-/m0/s1. The molecule has 1 atom stereocenters. The van der Waals surface area contributed by atoms with Crippen molar-refractivity contribution in [2.24, 2.45) is 5.92 Å². The molecular weight excluding hydrogens is 422 g/mol. The van der Waals surface area contributed by atoms with Crippen LogP contribution in [0.3, 0.4) is 0 Å². The van der Waals surface area contributed by atoms with Crippen LogP contribution in [-0.4, -0.2) is 35.5 Å². The molecule has 1 aliphatic heterocycles. The second kappa shape index (κ2) is 10.3.